The molecule has 0 bridgehead atoms. The molecule has 0 atom stereocenters. The topological polar surface area (TPSA) is 0 Å². The fourth-order valence-corrected chi connectivity index (χ4v) is 0. The molecule has 0 heterocycles. The van der Waals surface area contributed by atoms with Crippen LogP contribution in [-0.2, 0) is 65.4 Å². The summed E-state index contributed by atoms with van der Waals surface area (Å²) in [6.45, 7) is 11.2. The van der Waals surface area contributed by atoms with Gasteiger partial charge >= 0.3 is 0 Å². The van der Waals surface area contributed by atoms with Crippen LogP contribution in [-0.4, -0.2) is 0 Å². The fraction of sp³-hybridized carbons (Fsp3) is 0.429. The van der Waals surface area contributed by atoms with E-state index in [0.717, 1.165) is 0 Å². The number of hydrogen-bond donors (Lipinski definition) is 0. The maximum absolute atomic E-state index is 3.66. The van der Waals surface area contributed by atoms with Crippen LogP contribution in [0.25, 0.3) is 0 Å². The third-order valence-corrected chi connectivity index (χ3v) is 0. The van der Waals surface area contributed by atoms with E-state index >= 15 is 0 Å². The van der Waals surface area contributed by atoms with E-state index in [1.807, 2.05) is 13.8 Å². The number of rotatable bonds is 0. The molecule has 0 aliphatic carbocycles. The molecule has 2 radical (unpaired) electrons. The van der Waals surface area contributed by atoms with Crippen LogP contribution in [0.15, 0.2) is 0 Å². The van der Waals surface area contributed by atoms with Crippen LogP contribution >= 0.6 is 0 Å². The normalized spacial score (nSPS) is 6.67. The summed E-state index contributed by atoms with van der Waals surface area (Å²) in [6, 6.07) is 0. The Labute approximate surface area is 112 Å². The Hall–Kier alpha value is 2.21. The van der Waals surface area contributed by atoms with E-state index in [1.165, 1.54) is 0 Å². The predicted molar refractivity (Wildman–Crippen MR) is 37.3 cm³/mol. The minimum atomic E-state index is 0. The monoisotopic (exact) mass is 278 g/mol. The van der Waals surface area contributed by atoms with Gasteiger partial charge in [0.1, 0.15) is 0 Å². The molecule has 0 aliphatic heterocycles. The molecule has 0 rings (SSSR count). The van der Waals surface area contributed by atoms with Gasteiger partial charge in [-0.15, -0.1) is 13.8 Å². The zero-order valence-corrected chi connectivity index (χ0v) is 12.7. The van der Waals surface area contributed by atoms with E-state index < -0.39 is 0 Å². The van der Waals surface area contributed by atoms with Gasteiger partial charge in [-0.1, -0.05) is 0 Å². The average molecular weight is 278 g/mol. The van der Waals surface area contributed by atoms with Gasteiger partial charge in [0.25, 0.3) is 0 Å². The Morgan fingerprint density at radius 2 is 0.889 bits per heavy atom. The summed E-state index contributed by atoms with van der Waals surface area (Å²) in [4.78, 5) is 0. The summed E-state index contributed by atoms with van der Waals surface area (Å²) in [5.74, 6) is 0. The fourth-order valence-electron chi connectivity index (χ4n) is 0. The Bertz CT molecular complexity index is 22.4. The molecule has 9 heavy (non-hydrogen) atoms. The van der Waals surface area contributed by atoms with Crippen LogP contribution in [0.3, 0.4) is 0 Å². The van der Waals surface area contributed by atoms with Crippen molar-refractivity contribution in [3.8, 4) is 0 Å². The predicted octanol–water partition coefficient (Wildman–Crippen LogP) is 2.58. The van der Waals surface area contributed by atoms with Crippen molar-refractivity contribution < 1.29 is 65.4 Å². The van der Waals surface area contributed by atoms with Crippen LogP contribution in [0.5, 0.6) is 0 Å². The zero-order valence-electron chi connectivity index (χ0n) is 7.07. The molecule has 0 saturated heterocycles. The molecule has 0 aromatic rings. The second kappa shape index (κ2) is 12.8. The van der Waals surface area contributed by atoms with Crippen molar-refractivity contribution in [2.45, 2.75) is 13.8 Å². The Kier molecular flexibility index (Phi) is 43.3. The Balaban J connectivity index is -0.0000000133. The third kappa shape index (κ3) is 141. The molecule has 0 nitrogen and oxygen atoms in total. The molecule has 2 heteroatoms. The summed E-state index contributed by atoms with van der Waals surface area (Å²) in [5.41, 5.74) is 0. The molecule has 0 spiro atoms. The molecule has 0 N–H and O–H groups in total. The number of hydrogen-bond acceptors (Lipinski definition) is 0. The van der Waals surface area contributed by atoms with Crippen molar-refractivity contribution in [2.75, 3.05) is 0 Å². The molecular weight excluding hydrogens is 262 g/mol. The van der Waals surface area contributed by atoms with Gasteiger partial charge in [0.2, 0.25) is 0 Å². The van der Waals surface area contributed by atoms with Crippen LogP contribution in [0.4, 0.5) is 0 Å². The zero-order chi connectivity index (χ0) is 4.50. The maximum Gasteiger partial charge on any atom is 0 e. The van der Waals surface area contributed by atoms with E-state index in [2.05, 4.69) is 13.8 Å². The van der Waals surface area contributed by atoms with Crippen LogP contribution in [0.1, 0.15) is 13.8 Å². The third-order valence-electron chi connectivity index (χ3n) is 0. The molecule has 0 aliphatic rings. The van der Waals surface area contributed by atoms with Gasteiger partial charge in [0.15, 0.2) is 0 Å². The minimum absolute atomic E-state index is 0. The van der Waals surface area contributed by atoms with Gasteiger partial charge in [0.05, 0.1) is 0 Å². The standard InChI is InChI=1S/C5H10.2CH3.2Y/c1-5(2,3)4;;;;/h1-2H2,3-4H3;2*1H3;;/q-2;2*-1;;. The quantitative estimate of drug-likeness (QED) is 0.597. The maximum atomic E-state index is 3.66. The first-order chi connectivity index (χ1) is 2.00. The first-order valence-corrected chi connectivity index (χ1v) is 1.71. The second-order valence-corrected chi connectivity index (χ2v) is 2.16. The summed E-state index contributed by atoms with van der Waals surface area (Å²) in [7, 11) is 0. The van der Waals surface area contributed by atoms with Gasteiger partial charge in [-0.25, -0.2) is 0 Å². The van der Waals surface area contributed by atoms with Crippen molar-refractivity contribution in [1.82, 2.24) is 0 Å². The van der Waals surface area contributed by atoms with Crippen molar-refractivity contribution >= 4 is 0 Å². The molecule has 0 unspecified atom stereocenters. The van der Waals surface area contributed by atoms with Gasteiger partial charge in [-0.05, 0) is 0 Å². The molecule has 54 valence electrons. The molecular formula is C7H16Y2-4. The minimum Gasteiger partial charge on any atom is -0.367 e. The molecule has 0 aromatic carbocycles. The Morgan fingerprint density at radius 1 is 0.889 bits per heavy atom. The van der Waals surface area contributed by atoms with E-state index in [9.17, 15) is 0 Å². The first kappa shape index (κ1) is 30.3. The molecule has 0 saturated carbocycles. The van der Waals surface area contributed by atoms with E-state index in [0.29, 0.717) is 0 Å². The van der Waals surface area contributed by atoms with Crippen molar-refractivity contribution in [1.29, 1.82) is 0 Å². The van der Waals surface area contributed by atoms with Crippen molar-refractivity contribution in [2.24, 2.45) is 5.41 Å². The van der Waals surface area contributed by atoms with E-state index in [-0.39, 0.29) is 85.7 Å². The van der Waals surface area contributed by atoms with Gasteiger partial charge in [-0.2, -0.15) is 0 Å². The Morgan fingerprint density at radius 3 is 0.889 bits per heavy atom. The van der Waals surface area contributed by atoms with Crippen molar-refractivity contribution in [3.63, 3.8) is 0 Å². The molecule has 0 fully saturated rings. The van der Waals surface area contributed by atoms with Gasteiger partial charge in [0, 0.05) is 65.4 Å². The van der Waals surface area contributed by atoms with E-state index in [1.54, 1.807) is 0 Å². The van der Waals surface area contributed by atoms with Gasteiger partial charge < -0.3 is 28.7 Å². The van der Waals surface area contributed by atoms with Crippen LogP contribution in [0.2, 0.25) is 0 Å². The molecule has 0 aromatic heterocycles. The summed E-state index contributed by atoms with van der Waals surface area (Å²) in [6.07, 6.45) is 0. The van der Waals surface area contributed by atoms with E-state index in [4.69, 9.17) is 0 Å². The van der Waals surface area contributed by atoms with Gasteiger partial charge in [-0.3, -0.25) is 5.41 Å². The summed E-state index contributed by atoms with van der Waals surface area (Å²) >= 11 is 0. The second-order valence-electron chi connectivity index (χ2n) is 2.16. The smallest absolute Gasteiger partial charge is 0 e. The van der Waals surface area contributed by atoms with Crippen molar-refractivity contribution in [3.05, 3.63) is 28.7 Å². The summed E-state index contributed by atoms with van der Waals surface area (Å²) in [5, 5.41) is 0. The van der Waals surface area contributed by atoms with Crippen LogP contribution in [0, 0.1) is 34.1 Å². The SMILES string of the molecule is [CH2-]C([CH2-])(C)C.[CH3-].[CH3-].[Y].[Y]. The largest absolute Gasteiger partial charge is 0.367 e. The molecule has 0 amide bonds. The van der Waals surface area contributed by atoms with Crippen LogP contribution < -0.4 is 0 Å². The average Bonchev–Trinajstić information content (AvgIpc) is 0.722. The summed E-state index contributed by atoms with van der Waals surface area (Å²) < 4.78 is 0. The first-order valence-electron chi connectivity index (χ1n) is 1.71.